The van der Waals surface area contributed by atoms with Crippen LogP contribution in [0, 0.1) is 5.92 Å². The molecule has 2 nitrogen and oxygen atoms in total. The van der Waals surface area contributed by atoms with E-state index in [1.54, 1.807) is 0 Å². The number of aryl methyl sites for hydroxylation is 1. The van der Waals surface area contributed by atoms with Crippen LogP contribution < -0.4 is 10.1 Å². The molecule has 0 aromatic heterocycles. The van der Waals surface area contributed by atoms with Gasteiger partial charge in [0.15, 0.2) is 0 Å². The third-order valence-electron chi connectivity index (χ3n) is 3.91. The average Bonchev–Trinajstić information content (AvgIpc) is 3.24. The maximum absolute atomic E-state index is 5.91. The van der Waals surface area contributed by atoms with Crippen molar-refractivity contribution in [2.24, 2.45) is 5.92 Å². The molecule has 20 heavy (non-hydrogen) atoms. The summed E-state index contributed by atoms with van der Waals surface area (Å²) in [7, 11) is 0. The highest BCUT2D eigenvalue weighted by atomic mass is 16.5. The van der Waals surface area contributed by atoms with Gasteiger partial charge in [0.2, 0.25) is 0 Å². The lowest BCUT2D eigenvalue weighted by atomic mass is 10.0. The lowest BCUT2D eigenvalue weighted by molar-refractivity contribution is 0.239. The second-order valence-electron chi connectivity index (χ2n) is 6.21. The van der Waals surface area contributed by atoms with E-state index >= 15 is 0 Å². The van der Waals surface area contributed by atoms with Gasteiger partial charge in [0.25, 0.3) is 0 Å². The lowest BCUT2D eigenvalue weighted by Gasteiger charge is -2.19. The van der Waals surface area contributed by atoms with Gasteiger partial charge < -0.3 is 10.1 Å². The highest BCUT2D eigenvalue weighted by molar-refractivity contribution is 5.33. The largest absolute Gasteiger partial charge is 0.491 e. The van der Waals surface area contributed by atoms with E-state index in [1.165, 1.54) is 31.2 Å². The summed E-state index contributed by atoms with van der Waals surface area (Å²) in [4.78, 5) is 0. The minimum atomic E-state index is 0.244. The van der Waals surface area contributed by atoms with Crippen molar-refractivity contribution < 1.29 is 4.74 Å². The summed E-state index contributed by atoms with van der Waals surface area (Å²) in [5, 5.41) is 3.72. The van der Waals surface area contributed by atoms with E-state index in [9.17, 15) is 0 Å². The van der Waals surface area contributed by atoms with Crippen LogP contribution in [0.15, 0.2) is 24.3 Å². The number of ether oxygens (including phenoxy) is 1. The van der Waals surface area contributed by atoms with Crippen molar-refractivity contribution in [3.8, 4) is 5.75 Å². The molecule has 0 bridgehead atoms. The SMILES string of the molecule is CCCNC(CCc1ccccc1OC(C)C)C1CC1. The van der Waals surface area contributed by atoms with Gasteiger partial charge in [-0.25, -0.2) is 0 Å². The number of para-hydroxylation sites is 1. The highest BCUT2D eigenvalue weighted by Crippen LogP contribution is 2.35. The number of benzene rings is 1. The van der Waals surface area contributed by atoms with E-state index in [4.69, 9.17) is 4.74 Å². The van der Waals surface area contributed by atoms with Gasteiger partial charge in [-0.15, -0.1) is 0 Å². The number of hydrogen-bond acceptors (Lipinski definition) is 2. The van der Waals surface area contributed by atoms with Crippen LogP contribution in [0.4, 0.5) is 0 Å². The zero-order chi connectivity index (χ0) is 14.4. The predicted octanol–water partition coefficient (Wildman–Crippen LogP) is 4.18. The van der Waals surface area contributed by atoms with Crippen LogP contribution >= 0.6 is 0 Å². The number of hydrogen-bond donors (Lipinski definition) is 1. The lowest BCUT2D eigenvalue weighted by Crippen LogP contribution is -2.32. The van der Waals surface area contributed by atoms with Crippen molar-refractivity contribution in [1.82, 2.24) is 5.32 Å². The molecule has 1 aromatic carbocycles. The quantitative estimate of drug-likeness (QED) is 0.730. The minimum Gasteiger partial charge on any atom is -0.491 e. The van der Waals surface area contributed by atoms with Crippen LogP contribution in [-0.2, 0) is 6.42 Å². The second kappa shape index (κ2) is 7.68. The first-order valence-electron chi connectivity index (χ1n) is 8.18. The number of nitrogens with one attached hydrogen (secondary N) is 1. The molecule has 0 aliphatic heterocycles. The summed E-state index contributed by atoms with van der Waals surface area (Å²) in [6.45, 7) is 7.56. The molecule has 1 unspecified atom stereocenters. The summed E-state index contributed by atoms with van der Waals surface area (Å²) in [6, 6.07) is 9.19. The molecule has 1 aliphatic carbocycles. The summed E-state index contributed by atoms with van der Waals surface area (Å²) >= 11 is 0. The Morgan fingerprint density at radius 2 is 2.00 bits per heavy atom. The fourth-order valence-corrected chi connectivity index (χ4v) is 2.72. The van der Waals surface area contributed by atoms with Crippen molar-refractivity contribution in [3.63, 3.8) is 0 Å². The molecule has 0 saturated heterocycles. The maximum atomic E-state index is 5.91. The molecule has 0 radical (unpaired) electrons. The Morgan fingerprint density at radius 1 is 1.25 bits per heavy atom. The van der Waals surface area contributed by atoms with Crippen molar-refractivity contribution in [2.45, 2.75) is 65.0 Å². The Labute approximate surface area is 123 Å². The molecule has 0 spiro atoms. The molecule has 1 aromatic rings. The first-order valence-corrected chi connectivity index (χ1v) is 8.18. The summed E-state index contributed by atoms with van der Waals surface area (Å²) < 4.78 is 5.91. The number of rotatable bonds is 9. The molecule has 1 saturated carbocycles. The zero-order valence-corrected chi connectivity index (χ0v) is 13.2. The Balaban J connectivity index is 1.91. The van der Waals surface area contributed by atoms with Crippen LogP contribution in [0.1, 0.15) is 52.0 Å². The fraction of sp³-hybridized carbons (Fsp3) is 0.667. The molecule has 0 amide bonds. The van der Waals surface area contributed by atoms with Crippen LogP contribution in [0.25, 0.3) is 0 Å². The van der Waals surface area contributed by atoms with Gasteiger partial charge in [0.1, 0.15) is 5.75 Å². The molecule has 2 heteroatoms. The van der Waals surface area contributed by atoms with Gasteiger partial charge in [-0.05, 0) is 70.0 Å². The Hall–Kier alpha value is -1.02. The van der Waals surface area contributed by atoms with Crippen LogP contribution in [0.2, 0.25) is 0 Å². The van der Waals surface area contributed by atoms with Crippen LogP contribution in [0.5, 0.6) is 5.75 Å². The second-order valence-corrected chi connectivity index (χ2v) is 6.21. The van der Waals surface area contributed by atoms with E-state index in [-0.39, 0.29) is 6.10 Å². The highest BCUT2D eigenvalue weighted by Gasteiger charge is 2.30. The molecule has 2 rings (SSSR count). The molecular weight excluding hydrogens is 246 g/mol. The molecule has 0 heterocycles. The van der Waals surface area contributed by atoms with E-state index in [2.05, 4.69) is 50.4 Å². The Kier molecular flexibility index (Phi) is 5.90. The van der Waals surface area contributed by atoms with Crippen LogP contribution in [-0.4, -0.2) is 18.7 Å². The van der Waals surface area contributed by atoms with E-state index in [1.807, 2.05) is 0 Å². The minimum absolute atomic E-state index is 0.244. The van der Waals surface area contributed by atoms with E-state index in [0.29, 0.717) is 6.04 Å². The van der Waals surface area contributed by atoms with Gasteiger partial charge in [0.05, 0.1) is 6.10 Å². The smallest absolute Gasteiger partial charge is 0.122 e. The van der Waals surface area contributed by atoms with Crippen molar-refractivity contribution >= 4 is 0 Å². The van der Waals surface area contributed by atoms with Gasteiger partial charge in [0, 0.05) is 6.04 Å². The van der Waals surface area contributed by atoms with Crippen molar-refractivity contribution in [3.05, 3.63) is 29.8 Å². The Bertz CT molecular complexity index is 398. The average molecular weight is 275 g/mol. The first-order chi connectivity index (χ1) is 9.70. The topological polar surface area (TPSA) is 21.3 Å². The molecule has 1 aliphatic rings. The monoisotopic (exact) mass is 275 g/mol. The zero-order valence-electron chi connectivity index (χ0n) is 13.2. The fourth-order valence-electron chi connectivity index (χ4n) is 2.72. The summed E-state index contributed by atoms with van der Waals surface area (Å²) in [5.41, 5.74) is 1.35. The van der Waals surface area contributed by atoms with Crippen molar-refractivity contribution in [2.75, 3.05) is 6.54 Å². The molecular formula is C18H29NO. The summed E-state index contributed by atoms with van der Waals surface area (Å²) in [5.74, 6) is 1.98. The summed E-state index contributed by atoms with van der Waals surface area (Å²) in [6.07, 6.45) is 6.62. The van der Waals surface area contributed by atoms with Crippen LogP contribution in [0.3, 0.4) is 0 Å². The maximum Gasteiger partial charge on any atom is 0.122 e. The van der Waals surface area contributed by atoms with Gasteiger partial charge in [-0.1, -0.05) is 25.1 Å². The Morgan fingerprint density at radius 3 is 2.65 bits per heavy atom. The van der Waals surface area contributed by atoms with Crippen molar-refractivity contribution in [1.29, 1.82) is 0 Å². The normalized spacial score (nSPS) is 16.4. The van der Waals surface area contributed by atoms with E-state index in [0.717, 1.165) is 24.6 Å². The first kappa shape index (κ1) is 15.4. The molecule has 1 fully saturated rings. The van der Waals surface area contributed by atoms with Gasteiger partial charge in [-0.2, -0.15) is 0 Å². The molecule has 1 N–H and O–H groups in total. The molecule has 112 valence electrons. The third kappa shape index (κ3) is 4.82. The van der Waals surface area contributed by atoms with Gasteiger partial charge in [-0.3, -0.25) is 0 Å². The standard InChI is InChI=1S/C18H29NO/c1-4-13-19-17(15-9-10-15)12-11-16-7-5-6-8-18(16)20-14(2)3/h5-8,14-15,17,19H,4,9-13H2,1-3H3. The van der Waals surface area contributed by atoms with Gasteiger partial charge >= 0.3 is 0 Å². The third-order valence-corrected chi connectivity index (χ3v) is 3.91. The predicted molar refractivity (Wildman–Crippen MR) is 85.3 cm³/mol. The molecule has 1 atom stereocenters. The van der Waals surface area contributed by atoms with E-state index < -0.39 is 0 Å².